The zero-order valence-electron chi connectivity index (χ0n) is 10.8. The van der Waals surface area contributed by atoms with Crippen LogP contribution in [0.1, 0.15) is 9.67 Å². The minimum absolute atomic E-state index is 0.128. The second-order valence-corrected chi connectivity index (χ2v) is 5.57. The molecule has 0 aliphatic carbocycles. The SMILES string of the molecule is CN(C)c1nc(N)c(C(=O)Nc2cc(F)ccc2Cl)s1. The molecule has 8 heteroatoms. The van der Waals surface area contributed by atoms with E-state index in [1.165, 1.54) is 12.1 Å². The molecule has 0 radical (unpaired) electrons. The van der Waals surface area contributed by atoms with Gasteiger partial charge >= 0.3 is 0 Å². The van der Waals surface area contributed by atoms with Gasteiger partial charge in [0.05, 0.1) is 10.7 Å². The number of nitrogens with two attached hydrogens (primary N) is 1. The summed E-state index contributed by atoms with van der Waals surface area (Å²) in [7, 11) is 3.59. The third kappa shape index (κ3) is 3.00. The first kappa shape index (κ1) is 14.5. The number of nitrogens with zero attached hydrogens (tertiary/aromatic N) is 2. The molecule has 0 saturated heterocycles. The molecule has 0 bridgehead atoms. The van der Waals surface area contributed by atoms with Crippen LogP contribution in [0.3, 0.4) is 0 Å². The van der Waals surface area contributed by atoms with Gasteiger partial charge in [-0.3, -0.25) is 4.79 Å². The van der Waals surface area contributed by atoms with E-state index in [-0.39, 0.29) is 21.4 Å². The largest absolute Gasteiger partial charge is 0.382 e. The van der Waals surface area contributed by atoms with Crippen molar-refractivity contribution in [2.75, 3.05) is 30.0 Å². The van der Waals surface area contributed by atoms with Crippen LogP contribution in [-0.4, -0.2) is 25.0 Å². The Bertz CT molecular complexity index is 659. The Kier molecular flexibility index (Phi) is 4.10. The van der Waals surface area contributed by atoms with Gasteiger partial charge in [0.1, 0.15) is 16.5 Å². The van der Waals surface area contributed by atoms with Gasteiger partial charge in [-0.2, -0.15) is 0 Å². The van der Waals surface area contributed by atoms with Crippen LogP contribution < -0.4 is 16.0 Å². The molecule has 106 valence electrons. The van der Waals surface area contributed by atoms with Crippen LogP contribution in [0.25, 0.3) is 0 Å². The molecule has 0 saturated carbocycles. The number of carbonyl (C=O) groups excluding carboxylic acids is 1. The second kappa shape index (κ2) is 5.64. The Morgan fingerprint density at radius 1 is 1.50 bits per heavy atom. The zero-order chi connectivity index (χ0) is 14.9. The maximum absolute atomic E-state index is 13.1. The molecule has 0 unspecified atom stereocenters. The first-order chi connectivity index (χ1) is 9.38. The number of nitrogens with one attached hydrogen (secondary N) is 1. The Balaban J connectivity index is 2.26. The maximum Gasteiger partial charge on any atom is 0.269 e. The van der Waals surface area contributed by atoms with Gasteiger partial charge in [-0.1, -0.05) is 22.9 Å². The van der Waals surface area contributed by atoms with Crippen molar-refractivity contribution in [3.63, 3.8) is 0 Å². The van der Waals surface area contributed by atoms with Crippen LogP contribution in [0.15, 0.2) is 18.2 Å². The molecule has 1 aromatic carbocycles. The summed E-state index contributed by atoms with van der Waals surface area (Å²) < 4.78 is 13.1. The van der Waals surface area contributed by atoms with Gasteiger partial charge < -0.3 is 16.0 Å². The quantitative estimate of drug-likeness (QED) is 0.914. The number of hydrogen-bond donors (Lipinski definition) is 2. The highest BCUT2D eigenvalue weighted by atomic mass is 35.5. The van der Waals surface area contributed by atoms with Gasteiger partial charge in [0, 0.05) is 14.1 Å². The average molecular weight is 315 g/mol. The lowest BCUT2D eigenvalue weighted by Crippen LogP contribution is -2.12. The van der Waals surface area contributed by atoms with E-state index in [2.05, 4.69) is 10.3 Å². The molecule has 0 aliphatic heterocycles. The lowest BCUT2D eigenvalue weighted by atomic mass is 10.3. The predicted octanol–water partition coefficient (Wildman–Crippen LogP) is 2.84. The third-order valence-electron chi connectivity index (χ3n) is 2.41. The number of hydrogen-bond acceptors (Lipinski definition) is 5. The Labute approximate surface area is 124 Å². The molecule has 0 aliphatic rings. The summed E-state index contributed by atoms with van der Waals surface area (Å²) in [6, 6.07) is 3.72. The molecule has 1 aromatic heterocycles. The van der Waals surface area contributed by atoms with Crippen LogP contribution in [-0.2, 0) is 0 Å². The van der Waals surface area contributed by atoms with Gasteiger partial charge in [0.25, 0.3) is 5.91 Å². The fraction of sp³-hybridized carbons (Fsp3) is 0.167. The van der Waals surface area contributed by atoms with E-state index >= 15 is 0 Å². The van der Waals surface area contributed by atoms with E-state index in [1.807, 2.05) is 0 Å². The van der Waals surface area contributed by atoms with Crippen molar-refractivity contribution in [2.24, 2.45) is 0 Å². The molecular formula is C12H12ClFN4OS. The number of aromatic nitrogens is 1. The van der Waals surface area contributed by atoms with Crippen molar-refractivity contribution >= 4 is 45.5 Å². The van der Waals surface area contributed by atoms with Crippen molar-refractivity contribution in [3.8, 4) is 0 Å². The number of thiazole rings is 1. The van der Waals surface area contributed by atoms with Crippen molar-refractivity contribution in [1.82, 2.24) is 4.98 Å². The Morgan fingerprint density at radius 2 is 2.20 bits per heavy atom. The maximum atomic E-state index is 13.1. The summed E-state index contributed by atoms with van der Waals surface area (Å²) in [5, 5.41) is 3.38. The first-order valence-electron chi connectivity index (χ1n) is 5.58. The van der Waals surface area contributed by atoms with Crippen LogP contribution >= 0.6 is 22.9 Å². The molecule has 2 rings (SSSR count). The molecule has 20 heavy (non-hydrogen) atoms. The normalized spacial score (nSPS) is 10.4. The van der Waals surface area contributed by atoms with Gasteiger partial charge in [0.2, 0.25) is 0 Å². The minimum atomic E-state index is -0.490. The standard InChI is InChI=1S/C12H12ClFN4OS/c1-18(2)12-17-10(15)9(20-12)11(19)16-8-5-6(14)3-4-7(8)13/h3-5H,15H2,1-2H3,(H,16,19). The monoisotopic (exact) mass is 314 g/mol. The fourth-order valence-electron chi connectivity index (χ4n) is 1.45. The number of rotatable bonds is 3. The molecule has 0 fully saturated rings. The number of nitrogen functional groups attached to an aromatic ring is 1. The summed E-state index contributed by atoms with van der Waals surface area (Å²) in [6.45, 7) is 0. The second-order valence-electron chi connectivity index (χ2n) is 4.18. The van der Waals surface area contributed by atoms with Crippen LogP contribution in [0.4, 0.5) is 21.0 Å². The highest BCUT2D eigenvalue weighted by Gasteiger charge is 2.18. The number of amides is 1. The molecular weight excluding hydrogens is 303 g/mol. The number of benzene rings is 1. The molecule has 0 spiro atoms. The lowest BCUT2D eigenvalue weighted by molar-refractivity contribution is 0.103. The van der Waals surface area contributed by atoms with E-state index in [0.29, 0.717) is 5.13 Å². The Hall–Kier alpha value is -1.86. The van der Waals surface area contributed by atoms with E-state index < -0.39 is 11.7 Å². The third-order valence-corrected chi connectivity index (χ3v) is 3.97. The van der Waals surface area contributed by atoms with E-state index in [0.717, 1.165) is 17.4 Å². The van der Waals surface area contributed by atoms with Gasteiger partial charge in [0.15, 0.2) is 5.13 Å². The highest BCUT2D eigenvalue weighted by molar-refractivity contribution is 7.18. The zero-order valence-corrected chi connectivity index (χ0v) is 12.3. The van der Waals surface area contributed by atoms with Crippen LogP contribution in [0, 0.1) is 5.82 Å². The highest BCUT2D eigenvalue weighted by Crippen LogP contribution is 2.29. The number of halogens is 2. The lowest BCUT2D eigenvalue weighted by Gasteiger charge is -2.06. The summed E-state index contributed by atoms with van der Waals surface area (Å²) in [5.41, 5.74) is 5.90. The summed E-state index contributed by atoms with van der Waals surface area (Å²) >= 11 is 7.04. The van der Waals surface area contributed by atoms with Crippen LogP contribution in [0.2, 0.25) is 5.02 Å². The van der Waals surface area contributed by atoms with Crippen LogP contribution in [0.5, 0.6) is 0 Å². The van der Waals surface area contributed by atoms with E-state index in [9.17, 15) is 9.18 Å². The number of carbonyl (C=O) groups is 1. The van der Waals surface area contributed by atoms with Crippen molar-refractivity contribution in [3.05, 3.63) is 33.9 Å². The molecule has 1 heterocycles. The van der Waals surface area contributed by atoms with Gasteiger partial charge in [-0.25, -0.2) is 9.37 Å². The molecule has 1 amide bonds. The molecule has 0 atom stereocenters. The summed E-state index contributed by atoms with van der Waals surface area (Å²) in [5.74, 6) is -0.833. The topological polar surface area (TPSA) is 71.2 Å². The minimum Gasteiger partial charge on any atom is -0.382 e. The Morgan fingerprint density at radius 3 is 2.80 bits per heavy atom. The molecule has 3 N–H and O–H groups in total. The predicted molar refractivity (Wildman–Crippen MR) is 80.2 cm³/mol. The smallest absolute Gasteiger partial charge is 0.269 e. The van der Waals surface area contributed by atoms with E-state index in [4.69, 9.17) is 17.3 Å². The first-order valence-corrected chi connectivity index (χ1v) is 6.78. The number of anilines is 3. The van der Waals surface area contributed by atoms with E-state index in [1.54, 1.807) is 19.0 Å². The molecule has 5 nitrogen and oxygen atoms in total. The van der Waals surface area contributed by atoms with Crippen molar-refractivity contribution in [2.45, 2.75) is 0 Å². The van der Waals surface area contributed by atoms with Crippen molar-refractivity contribution in [1.29, 1.82) is 0 Å². The fourth-order valence-corrected chi connectivity index (χ4v) is 2.41. The van der Waals surface area contributed by atoms with Gasteiger partial charge in [-0.15, -0.1) is 0 Å². The summed E-state index contributed by atoms with van der Waals surface area (Å²) in [4.78, 5) is 18.2. The summed E-state index contributed by atoms with van der Waals surface area (Å²) in [6.07, 6.45) is 0. The van der Waals surface area contributed by atoms with Crippen molar-refractivity contribution < 1.29 is 9.18 Å². The average Bonchev–Trinajstić information content (AvgIpc) is 2.76. The van der Waals surface area contributed by atoms with Gasteiger partial charge in [-0.05, 0) is 18.2 Å². The molecule has 2 aromatic rings.